The average Bonchev–Trinajstić information content (AvgIpc) is 2.69. The summed E-state index contributed by atoms with van der Waals surface area (Å²) in [6.07, 6.45) is 5.40. The number of rotatable bonds is 1. The second-order valence-corrected chi connectivity index (χ2v) is 5.04. The van der Waals surface area contributed by atoms with Crippen LogP contribution in [0.3, 0.4) is 0 Å². The lowest BCUT2D eigenvalue weighted by Crippen LogP contribution is -1.81. The van der Waals surface area contributed by atoms with E-state index in [2.05, 4.69) is 21.0 Å². The highest BCUT2D eigenvalue weighted by Gasteiger charge is 2.02. The summed E-state index contributed by atoms with van der Waals surface area (Å²) in [4.78, 5) is 11.4. The summed E-state index contributed by atoms with van der Waals surface area (Å²) in [5, 5.41) is 0. The summed E-state index contributed by atoms with van der Waals surface area (Å²) in [5.74, 6) is 0. The molecular formula is C11H7N3S2. The third-order valence-corrected chi connectivity index (χ3v) is 3.46. The Bertz CT molecular complexity index is 685. The van der Waals surface area contributed by atoms with Gasteiger partial charge in [-0.15, -0.1) is 11.3 Å². The summed E-state index contributed by atoms with van der Waals surface area (Å²) < 4.78 is 1.84. The molecule has 0 unspecified atom stereocenters. The molecule has 3 aromatic heterocycles. The Hall–Kier alpha value is -1.59. The van der Waals surface area contributed by atoms with E-state index in [1.54, 1.807) is 23.7 Å². The normalized spacial score (nSPS) is 10.8. The summed E-state index contributed by atoms with van der Waals surface area (Å²) in [6.45, 7) is 0. The molecule has 0 atom stereocenters. The van der Waals surface area contributed by atoms with Gasteiger partial charge in [0.2, 0.25) is 0 Å². The SMILES string of the molecule is S=c1[nH]c2ncc(-c3ccncc3)cc2s1. The van der Waals surface area contributed by atoms with E-state index in [9.17, 15) is 0 Å². The lowest BCUT2D eigenvalue weighted by atomic mass is 10.1. The molecule has 3 aromatic rings. The molecule has 16 heavy (non-hydrogen) atoms. The van der Waals surface area contributed by atoms with Crippen molar-refractivity contribution in [2.45, 2.75) is 0 Å². The van der Waals surface area contributed by atoms with Crippen molar-refractivity contribution in [2.75, 3.05) is 0 Å². The van der Waals surface area contributed by atoms with E-state index in [0.717, 1.165) is 25.4 Å². The first-order valence-corrected chi connectivity index (χ1v) is 5.95. The molecule has 0 aliphatic carbocycles. The highest BCUT2D eigenvalue weighted by Crippen LogP contribution is 2.24. The van der Waals surface area contributed by atoms with Crippen molar-refractivity contribution >= 4 is 33.9 Å². The molecule has 3 nitrogen and oxygen atoms in total. The second kappa shape index (κ2) is 3.77. The van der Waals surface area contributed by atoms with Crippen molar-refractivity contribution in [2.24, 2.45) is 0 Å². The third kappa shape index (κ3) is 1.64. The van der Waals surface area contributed by atoms with Gasteiger partial charge >= 0.3 is 0 Å². The van der Waals surface area contributed by atoms with Crippen molar-refractivity contribution < 1.29 is 0 Å². The van der Waals surface area contributed by atoms with Crippen LogP contribution in [0.15, 0.2) is 36.8 Å². The number of aromatic nitrogens is 3. The van der Waals surface area contributed by atoms with Crippen LogP contribution in [0.25, 0.3) is 21.5 Å². The molecule has 1 N–H and O–H groups in total. The maximum absolute atomic E-state index is 5.09. The van der Waals surface area contributed by atoms with Crippen LogP contribution >= 0.6 is 23.6 Å². The molecule has 0 fully saturated rings. The summed E-state index contributed by atoms with van der Waals surface area (Å²) >= 11 is 6.63. The Balaban J connectivity index is 2.22. The van der Waals surface area contributed by atoms with Crippen LogP contribution in [0.5, 0.6) is 0 Å². The van der Waals surface area contributed by atoms with Gasteiger partial charge in [0.05, 0.1) is 4.70 Å². The molecule has 3 heterocycles. The van der Waals surface area contributed by atoms with E-state index >= 15 is 0 Å². The van der Waals surface area contributed by atoms with Crippen LogP contribution < -0.4 is 0 Å². The first-order valence-electron chi connectivity index (χ1n) is 4.72. The van der Waals surface area contributed by atoms with Crippen molar-refractivity contribution in [3.63, 3.8) is 0 Å². The second-order valence-electron chi connectivity index (χ2n) is 3.32. The quantitative estimate of drug-likeness (QED) is 0.668. The first kappa shape index (κ1) is 9.62. The van der Waals surface area contributed by atoms with Crippen molar-refractivity contribution in [3.8, 4) is 11.1 Å². The Morgan fingerprint density at radius 2 is 2.00 bits per heavy atom. The highest BCUT2D eigenvalue weighted by molar-refractivity contribution is 7.73. The van der Waals surface area contributed by atoms with Crippen molar-refractivity contribution in [1.29, 1.82) is 0 Å². The van der Waals surface area contributed by atoms with Crippen molar-refractivity contribution in [1.82, 2.24) is 15.0 Å². The molecule has 78 valence electrons. The molecule has 5 heteroatoms. The van der Waals surface area contributed by atoms with Gasteiger partial charge in [-0.3, -0.25) is 4.98 Å². The van der Waals surface area contributed by atoms with Crippen LogP contribution in [0.2, 0.25) is 0 Å². The van der Waals surface area contributed by atoms with E-state index < -0.39 is 0 Å². The molecule has 0 aliphatic rings. The Morgan fingerprint density at radius 1 is 1.19 bits per heavy atom. The zero-order valence-corrected chi connectivity index (χ0v) is 9.81. The molecule has 0 spiro atoms. The van der Waals surface area contributed by atoms with Gasteiger partial charge in [-0.25, -0.2) is 4.98 Å². The molecule has 0 bridgehead atoms. The number of hydrogen-bond donors (Lipinski definition) is 1. The molecule has 0 aromatic carbocycles. The van der Waals surface area contributed by atoms with E-state index in [1.165, 1.54) is 0 Å². The topological polar surface area (TPSA) is 41.6 Å². The fourth-order valence-electron chi connectivity index (χ4n) is 1.54. The van der Waals surface area contributed by atoms with Crippen LogP contribution in [-0.4, -0.2) is 15.0 Å². The van der Waals surface area contributed by atoms with Crippen LogP contribution in [0, 0.1) is 3.95 Å². The number of pyridine rings is 2. The van der Waals surface area contributed by atoms with E-state index in [1.807, 2.05) is 18.3 Å². The lowest BCUT2D eigenvalue weighted by molar-refractivity contribution is 1.30. The maximum Gasteiger partial charge on any atom is 0.160 e. The predicted octanol–water partition coefficient (Wildman–Crippen LogP) is 3.42. The molecular weight excluding hydrogens is 238 g/mol. The van der Waals surface area contributed by atoms with E-state index in [4.69, 9.17) is 12.2 Å². The minimum atomic E-state index is 0.759. The highest BCUT2D eigenvalue weighted by atomic mass is 32.1. The number of nitrogens with one attached hydrogen (secondary N) is 1. The van der Waals surface area contributed by atoms with Crippen molar-refractivity contribution in [3.05, 3.63) is 40.7 Å². The predicted molar refractivity (Wildman–Crippen MR) is 68.0 cm³/mol. The van der Waals surface area contributed by atoms with Gasteiger partial charge in [0.1, 0.15) is 5.65 Å². The number of H-pyrrole nitrogens is 1. The van der Waals surface area contributed by atoms with Gasteiger partial charge in [0.15, 0.2) is 3.95 Å². The fraction of sp³-hybridized carbons (Fsp3) is 0. The summed E-state index contributed by atoms with van der Waals surface area (Å²) in [7, 11) is 0. The Kier molecular flexibility index (Phi) is 2.27. The monoisotopic (exact) mass is 245 g/mol. The van der Waals surface area contributed by atoms with Crippen LogP contribution in [-0.2, 0) is 0 Å². The van der Waals surface area contributed by atoms with Gasteiger partial charge in [0.25, 0.3) is 0 Å². The molecule has 0 aliphatic heterocycles. The third-order valence-electron chi connectivity index (χ3n) is 2.29. The summed E-state index contributed by atoms with van der Waals surface area (Å²) in [6, 6.07) is 6.03. The van der Waals surface area contributed by atoms with Gasteiger partial charge in [-0.05, 0) is 36.0 Å². The minimum Gasteiger partial charge on any atom is -0.322 e. The number of fused-ring (bicyclic) bond motifs is 1. The van der Waals surface area contributed by atoms with Gasteiger partial charge in [-0.1, -0.05) is 0 Å². The Morgan fingerprint density at radius 3 is 2.81 bits per heavy atom. The van der Waals surface area contributed by atoms with Gasteiger partial charge < -0.3 is 4.98 Å². The molecule has 3 rings (SSSR count). The fourth-order valence-corrected chi connectivity index (χ4v) is 2.64. The zero-order chi connectivity index (χ0) is 11.0. The zero-order valence-electron chi connectivity index (χ0n) is 8.18. The Labute approximate surface area is 101 Å². The average molecular weight is 245 g/mol. The van der Waals surface area contributed by atoms with Gasteiger partial charge in [-0.2, -0.15) is 0 Å². The number of thiazole rings is 1. The lowest BCUT2D eigenvalue weighted by Gasteiger charge is -1.99. The molecule has 0 saturated carbocycles. The van der Waals surface area contributed by atoms with Crippen LogP contribution in [0.4, 0.5) is 0 Å². The maximum atomic E-state index is 5.09. The minimum absolute atomic E-state index is 0.759. The summed E-state index contributed by atoms with van der Waals surface area (Å²) in [5.41, 5.74) is 3.05. The molecule has 0 radical (unpaired) electrons. The number of nitrogens with zero attached hydrogens (tertiary/aromatic N) is 2. The first-order chi connectivity index (χ1) is 7.83. The van der Waals surface area contributed by atoms with E-state index in [0.29, 0.717) is 0 Å². The van der Waals surface area contributed by atoms with E-state index in [-0.39, 0.29) is 0 Å². The molecule has 0 amide bonds. The standard InChI is InChI=1S/C11H7N3S2/c15-11-14-10-9(16-11)5-8(6-13-10)7-1-3-12-4-2-7/h1-6H,(H,13,14,15). The number of hydrogen-bond acceptors (Lipinski definition) is 4. The smallest absolute Gasteiger partial charge is 0.160 e. The van der Waals surface area contributed by atoms with Crippen LogP contribution in [0.1, 0.15) is 0 Å². The number of aromatic amines is 1. The largest absolute Gasteiger partial charge is 0.322 e. The van der Waals surface area contributed by atoms with Gasteiger partial charge in [0, 0.05) is 24.2 Å². The molecule has 0 saturated heterocycles.